The molecule has 1 unspecified atom stereocenters. The first-order valence-electron chi connectivity index (χ1n) is 9.41. The zero-order valence-corrected chi connectivity index (χ0v) is 15.8. The van der Waals surface area contributed by atoms with Crippen LogP contribution < -0.4 is 5.32 Å². The maximum Gasteiger partial charge on any atom is 0.247 e. The molecule has 4 rings (SSSR count). The fraction of sp³-hybridized carbons (Fsp3) is 0.286. The Morgan fingerprint density at radius 3 is 2.86 bits per heavy atom. The van der Waals surface area contributed by atoms with Crippen LogP contribution >= 0.6 is 0 Å². The first kappa shape index (κ1) is 18.0. The van der Waals surface area contributed by atoms with Gasteiger partial charge in [0.25, 0.3) is 0 Å². The summed E-state index contributed by atoms with van der Waals surface area (Å²) in [5.74, 6) is -0.148. The van der Waals surface area contributed by atoms with Crippen LogP contribution in [0.25, 0.3) is 5.69 Å². The summed E-state index contributed by atoms with van der Waals surface area (Å²) in [4.78, 5) is 27.3. The molecule has 0 aliphatic carbocycles. The van der Waals surface area contributed by atoms with E-state index in [1.807, 2.05) is 66.6 Å². The van der Waals surface area contributed by atoms with Gasteiger partial charge in [0.1, 0.15) is 6.04 Å². The van der Waals surface area contributed by atoms with Crippen LogP contribution in [0.1, 0.15) is 18.4 Å². The summed E-state index contributed by atoms with van der Waals surface area (Å²) in [5, 5.41) is 7.17. The number of nitrogens with zero attached hydrogens (tertiary/aromatic N) is 4. The zero-order chi connectivity index (χ0) is 19.5. The molecular formula is C21H23N5O2. The number of carbonyl (C=O) groups is 2. The maximum atomic E-state index is 12.9. The molecule has 1 N–H and O–H groups in total. The predicted octanol–water partition coefficient (Wildman–Crippen LogP) is 2.38. The number of aromatic nitrogens is 3. The van der Waals surface area contributed by atoms with E-state index in [4.69, 9.17) is 0 Å². The van der Waals surface area contributed by atoms with Gasteiger partial charge in [-0.1, -0.05) is 6.07 Å². The quantitative estimate of drug-likeness (QED) is 0.742. The van der Waals surface area contributed by atoms with E-state index in [-0.39, 0.29) is 11.8 Å². The molecule has 1 fully saturated rings. The van der Waals surface area contributed by atoms with Gasteiger partial charge in [0.2, 0.25) is 11.8 Å². The highest BCUT2D eigenvalue weighted by atomic mass is 16.2. The number of rotatable bonds is 5. The van der Waals surface area contributed by atoms with E-state index in [0.29, 0.717) is 25.1 Å². The SMILES string of the molecule is Cn1ccc(CC(=O)N2CCCC2C(=O)Nc2cccc(-n3cccn3)c2)c1. The van der Waals surface area contributed by atoms with Crippen molar-refractivity contribution in [1.29, 1.82) is 0 Å². The minimum atomic E-state index is -0.426. The lowest BCUT2D eigenvalue weighted by molar-refractivity contribution is -0.136. The summed E-state index contributed by atoms with van der Waals surface area (Å²) in [7, 11) is 1.93. The molecular weight excluding hydrogens is 354 g/mol. The Bertz CT molecular complexity index is 976. The van der Waals surface area contributed by atoms with Crippen molar-refractivity contribution in [3.05, 3.63) is 66.7 Å². The third-order valence-corrected chi connectivity index (χ3v) is 5.01. The van der Waals surface area contributed by atoms with Crippen molar-refractivity contribution in [2.45, 2.75) is 25.3 Å². The molecule has 1 aliphatic heterocycles. The molecule has 2 aromatic heterocycles. The molecule has 3 aromatic rings. The van der Waals surface area contributed by atoms with E-state index in [1.54, 1.807) is 15.8 Å². The predicted molar refractivity (Wildman–Crippen MR) is 106 cm³/mol. The van der Waals surface area contributed by atoms with Crippen molar-refractivity contribution in [2.75, 3.05) is 11.9 Å². The van der Waals surface area contributed by atoms with E-state index >= 15 is 0 Å². The van der Waals surface area contributed by atoms with Gasteiger partial charge in [0.15, 0.2) is 0 Å². The van der Waals surface area contributed by atoms with E-state index in [9.17, 15) is 9.59 Å². The van der Waals surface area contributed by atoms with Crippen molar-refractivity contribution < 1.29 is 9.59 Å². The number of carbonyl (C=O) groups excluding carboxylic acids is 2. The van der Waals surface area contributed by atoms with Gasteiger partial charge in [-0.15, -0.1) is 0 Å². The van der Waals surface area contributed by atoms with Crippen molar-refractivity contribution in [1.82, 2.24) is 19.2 Å². The van der Waals surface area contributed by atoms with Gasteiger partial charge < -0.3 is 14.8 Å². The van der Waals surface area contributed by atoms with Crippen molar-refractivity contribution in [3.63, 3.8) is 0 Å². The van der Waals surface area contributed by atoms with Crippen LogP contribution in [0.5, 0.6) is 0 Å². The van der Waals surface area contributed by atoms with Gasteiger partial charge in [0.05, 0.1) is 12.1 Å². The monoisotopic (exact) mass is 377 g/mol. The number of nitrogens with one attached hydrogen (secondary N) is 1. The van der Waals surface area contributed by atoms with Gasteiger partial charge >= 0.3 is 0 Å². The van der Waals surface area contributed by atoms with E-state index in [2.05, 4.69) is 10.4 Å². The van der Waals surface area contributed by atoms with E-state index in [0.717, 1.165) is 17.7 Å². The lowest BCUT2D eigenvalue weighted by atomic mass is 10.1. The number of likely N-dealkylation sites (tertiary alicyclic amines) is 1. The Balaban J connectivity index is 1.43. The zero-order valence-electron chi connectivity index (χ0n) is 15.8. The molecule has 2 amide bonds. The molecule has 0 bridgehead atoms. The maximum absolute atomic E-state index is 12.9. The number of anilines is 1. The number of benzene rings is 1. The molecule has 7 heteroatoms. The summed E-state index contributed by atoms with van der Waals surface area (Å²) in [6.45, 7) is 0.622. The van der Waals surface area contributed by atoms with Crippen LogP contribution in [0.2, 0.25) is 0 Å². The van der Waals surface area contributed by atoms with Crippen LogP contribution in [0.4, 0.5) is 5.69 Å². The highest BCUT2D eigenvalue weighted by Crippen LogP contribution is 2.21. The fourth-order valence-corrected chi connectivity index (χ4v) is 3.65. The molecule has 3 heterocycles. The minimum Gasteiger partial charge on any atom is -0.357 e. The first-order valence-corrected chi connectivity index (χ1v) is 9.41. The molecule has 7 nitrogen and oxygen atoms in total. The first-order chi connectivity index (χ1) is 13.6. The summed E-state index contributed by atoms with van der Waals surface area (Å²) in [6.07, 6.45) is 9.26. The van der Waals surface area contributed by atoms with Crippen LogP contribution in [0, 0.1) is 0 Å². The Morgan fingerprint density at radius 2 is 2.11 bits per heavy atom. The summed E-state index contributed by atoms with van der Waals surface area (Å²) in [6, 6.07) is 10.9. The van der Waals surface area contributed by atoms with Crippen LogP contribution in [-0.4, -0.2) is 43.6 Å². The minimum absolute atomic E-state index is 0.00542. The highest BCUT2D eigenvalue weighted by molar-refractivity contribution is 5.97. The van der Waals surface area contributed by atoms with Gasteiger partial charge in [-0.25, -0.2) is 4.68 Å². The van der Waals surface area contributed by atoms with E-state index < -0.39 is 6.04 Å². The molecule has 144 valence electrons. The third-order valence-electron chi connectivity index (χ3n) is 5.01. The molecule has 28 heavy (non-hydrogen) atoms. The average Bonchev–Trinajstić information content (AvgIpc) is 3.44. The standard InChI is InChI=1S/C21H23N5O2/c1-24-12-8-16(15-24)13-20(27)25-10-3-7-19(25)21(28)23-17-5-2-6-18(14-17)26-11-4-9-22-26/h2,4-6,8-9,11-12,14-15,19H,3,7,10,13H2,1H3,(H,23,28). The molecule has 1 atom stereocenters. The second-order valence-electron chi connectivity index (χ2n) is 7.10. The highest BCUT2D eigenvalue weighted by Gasteiger charge is 2.34. The molecule has 0 spiro atoms. The molecule has 0 saturated carbocycles. The van der Waals surface area contributed by atoms with Gasteiger partial charge in [-0.2, -0.15) is 5.10 Å². The Hall–Kier alpha value is -3.35. The summed E-state index contributed by atoms with van der Waals surface area (Å²) < 4.78 is 3.66. The second-order valence-corrected chi connectivity index (χ2v) is 7.10. The van der Waals surface area contributed by atoms with Crippen molar-refractivity contribution in [3.8, 4) is 5.69 Å². The lowest BCUT2D eigenvalue weighted by Crippen LogP contribution is -2.43. The Kier molecular flexibility index (Phi) is 4.97. The van der Waals surface area contributed by atoms with Crippen molar-refractivity contribution in [2.24, 2.45) is 7.05 Å². The normalized spacial score (nSPS) is 16.3. The van der Waals surface area contributed by atoms with Gasteiger partial charge in [-0.3, -0.25) is 9.59 Å². The average molecular weight is 377 g/mol. The van der Waals surface area contributed by atoms with Gasteiger partial charge in [0, 0.05) is 44.1 Å². The van der Waals surface area contributed by atoms with Crippen LogP contribution in [-0.2, 0) is 23.1 Å². The van der Waals surface area contributed by atoms with Gasteiger partial charge in [-0.05, 0) is 48.7 Å². The summed E-state index contributed by atoms with van der Waals surface area (Å²) >= 11 is 0. The molecule has 1 aliphatic rings. The number of hydrogen-bond donors (Lipinski definition) is 1. The Morgan fingerprint density at radius 1 is 1.21 bits per heavy atom. The lowest BCUT2D eigenvalue weighted by Gasteiger charge is -2.24. The smallest absolute Gasteiger partial charge is 0.247 e. The van der Waals surface area contributed by atoms with Crippen LogP contribution in [0.3, 0.4) is 0 Å². The fourth-order valence-electron chi connectivity index (χ4n) is 3.65. The molecule has 0 radical (unpaired) electrons. The number of amides is 2. The third kappa shape index (κ3) is 3.83. The molecule has 1 saturated heterocycles. The summed E-state index contributed by atoms with van der Waals surface area (Å²) in [5.41, 5.74) is 2.53. The number of hydrogen-bond acceptors (Lipinski definition) is 3. The second kappa shape index (κ2) is 7.72. The largest absolute Gasteiger partial charge is 0.357 e. The van der Waals surface area contributed by atoms with Crippen LogP contribution in [0.15, 0.2) is 61.2 Å². The molecule has 1 aromatic carbocycles. The van der Waals surface area contributed by atoms with E-state index in [1.165, 1.54) is 0 Å². The van der Waals surface area contributed by atoms with Crippen molar-refractivity contribution >= 4 is 17.5 Å². The Labute approximate surface area is 163 Å². The number of aryl methyl sites for hydroxylation is 1. The topological polar surface area (TPSA) is 72.2 Å².